The molecule has 1 aromatic carbocycles. The zero-order chi connectivity index (χ0) is 33.2. The fraction of sp³-hybridized carbons (Fsp3) is 0.455. The van der Waals surface area contributed by atoms with Crippen molar-refractivity contribution in [2.75, 3.05) is 19.9 Å². The first-order valence-corrected chi connectivity index (χ1v) is 15.7. The summed E-state index contributed by atoms with van der Waals surface area (Å²) in [4.78, 5) is 67.2. The number of aromatic nitrogens is 2. The molecular weight excluding hydrogens is 613 g/mol. The van der Waals surface area contributed by atoms with Gasteiger partial charge in [0.05, 0.1) is 53.6 Å². The van der Waals surface area contributed by atoms with Crippen LogP contribution < -0.4 is 21.5 Å². The molecule has 3 aromatic rings. The molecule has 246 valence electrons. The number of amides is 3. The molecule has 0 radical (unpaired) electrons. The zero-order valence-corrected chi connectivity index (χ0v) is 26.0. The Morgan fingerprint density at radius 2 is 2.02 bits per heavy atom. The Morgan fingerprint density at radius 3 is 2.74 bits per heavy atom. The largest absolute Gasteiger partial charge is 0.458 e. The second-order valence-corrected chi connectivity index (χ2v) is 12.7. The maximum absolute atomic E-state index is 15.2. The van der Waals surface area contributed by atoms with E-state index in [0.29, 0.717) is 60.1 Å². The van der Waals surface area contributed by atoms with E-state index in [1.807, 2.05) is 0 Å². The molecule has 2 aliphatic heterocycles. The molecule has 4 heterocycles. The van der Waals surface area contributed by atoms with Gasteiger partial charge in [-0.3, -0.25) is 19.2 Å². The lowest BCUT2D eigenvalue weighted by Gasteiger charge is -2.31. The Morgan fingerprint density at radius 1 is 1.23 bits per heavy atom. The van der Waals surface area contributed by atoms with Crippen molar-refractivity contribution in [2.45, 2.75) is 70.7 Å². The van der Waals surface area contributed by atoms with Crippen LogP contribution in [0.4, 0.5) is 4.39 Å². The number of aryl methyl sites for hydroxylation is 1. The average molecular weight is 648 g/mol. The van der Waals surface area contributed by atoms with Crippen molar-refractivity contribution in [2.24, 2.45) is 5.41 Å². The minimum atomic E-state index is -1.99. The first kappa shape index (κ1) is 30.9. The van der Waals surface area contributed by atoms with E-state index in [1.165, 1.54) is 10.6 Å². The first-order valence-electron chi connectivity index (χ1n) is 15.7. The predicted octanol–water partition coefficient (Wildman–Crippen LogP) is 1.25. The fourth-order valence-corrected chi connectivity index (χ4v) is 7.17. The Balaban J connectivity index is 1.25. The zero-order valence-electron chi connectivity index (χ0n) is 26.0. The number of cyclic esters (lactones) is 1. The highest BCUT2D eigenvalue weighted by molar-refractivity contribution is 5.94. The molecule has 4 N–H and O–H groups in total. The summed E-state index contributed by atoms with van der Waals surface area (Å²) in [5.74, 6) is -1.85. The van der Waals surface area contributed by atoms with E-state index >= 15 is 4.39 Å². The number of esters is 1. The molecule has 2 aliphatic carbocycles. The van der Waals surface area contributed by atoms with E-state index in [9.17, 15) is 29.1 Å². The van der Waals surface area contributed by atoms with Crippen LogP contribution in [-0.4, -0.2) is 58.7 Å². The van der Waals surface area contributed by atoms with E-state index < -0.39 is 40.3 Å². The molecule has 3 amide bonds. The van der Waals surface area contributed by atoms with Crippen molar-refractivity contribution in [3.8, 4) is 11.4 Å². The molecule has 0 bridgehead atoms. The summed E-state index contributed by atoms with van der Waals surface area (Å²) in [6.45, 7) is 3.03. The number of halogens is 1. The van der Waals surface area contributed by atoms with Gasteiger partial charge in [-0.2, -0.15) is 0 Å². The van der Waals surface area contributed by atoms with Crippen LogP contribution in [0.15, 0.2) is 16.9 Å². The van der Waals surface area contributed by atoms with Crippen molar-refractivity contribution in [3.05, 3.63) is 61.7 Å². The Kier molecular flexibility index (Phi) is 7.39. The number of benzene rings is 1. The van der Waals surface area contributed by atoms with E-state index in [-0.39, 0.29) is 56.5 Å². The maximum Gasteiger partial charge on any atom is 0.343 e. The van der Waals surface area contributed by atoms with Crippen molar-refractivity contribution in [1.82, 2.24) is 25.5 Å². The van der Waals surface area contributed by atoms with E-state index in [2.05, 4.69) is 16.0 Å². The lowest BCUT2D eigenvalue weighted by Crippen LogP contribution is -2.44. The fourth-order valence-electron chi connectivity index (χ4n) is 7.17. The number of hydrogen-bond acceptors (Lipinski definition) is 9. The number of carbonyl (C=O) groups excluding carboxylic acids is 4. The smallest absolute Gasteiger partial charge is 0.343 e. The van der Waals surface area contributed by atoms with E-state index in [0.717, 1.165) is 16.5 Å². The molecule has 1 saturated carbocycles. The topological polar surface area (TPSA) is 178 Å². The third kappa shape index (κ3) is 4.80. The van der Waals surface area contributed by atoms with E-state index in [1.54, 1.807) is 19.9 Å². The van der Waals surface area contributed by atoms with Gasteiger partial charge in [0.2, 0.25) is 18.2 Å². The van der Waals surface area contributed by atoms with Crippen molar-refractivity contribution >= 4 is 35.1 Å². The molecule has 2 aromatic heterocycles. The van der Waals surface area contributed by atoms with Gasteiger partial charge < -0.3 is 35.1 Å². The number of carbonyl (C=O) groups is 4. The van der Waals surface area contributed by atoms with Gasteiger partial charge in [0.25, 0.3) is 5.56 Å². The number of fused-ring (bicyclic) bond motifs is 5. The molecule has 0 unspecified atom stereocenters. The van der Waals surface area contributed by atoms with Crippen LogP contribution in [0.3, 0.4) is 0 Å². The molecule has 1 fully saturated rings. The van der Waals surface area contributed by atoms with Gasteiger partial charge >= 0.3 is 5.97 Å². The summed E-state index contributed by atoms with van der Waals surface area (Å²) in [7, 11) is 0. The molecule has 7 rings (SSSR count). The molecule has 4 aliphatic rings. The Bertz CT molecular complexity index is 1950. The highest BCUT2D eigenvalue weighted by atomic mass is 19.1. The van der Waals surface area contributed by atoms with Gasteiger partial charge in [-0.25, -0.2) is 14.2 Å². The Hall–Kier alpha value is -4.69. The van der Waals surface area contributed by atoms with Crippen molar-refractivity contribution in [3.63, 3.8) is 0 Å². The standard InChI is InChI=1S/C33H34FN5O8/c1-3-33(45)20-8-24-28-18(11-39(24)29(42)19(20)12-47-31(33)44)27-22(5-4-17-16(2)21(34)9-23(37-28)26(17)27)38-30(43)32(6-7-32)13-46-15-36-25(41)10-35-14-40/h8-9,14,22,45H,3-7,10-13,15H2,1-2H3,(H,35,40)(H,36,41)(H,38,43)/t22-,33-/m0/s1. The number of nitrogens with one attached hydrogen (secondary N) is 3. The third-order valence-electron chi connectivity index (χ3n) is 10.1. The van der Waals surface area contributed by atoms with Crippen molar-refractivity contribution in [1.29, 1.82) is 0 Å². The van der Waals surface area contributed by atoms with Crippen LogP contribution in [0.25, 0.3) is 22.3 Å². The van der Waals surface area contributed by atoms with E-state index in [4.69, 9.17) is 14.5 Å². The lowest BCUT2D eigenvalue weighted by atomic mass is 9.81. The summed E-state index contributed by atoms with van der Waals surface area (Å²) in [5.41, 5.74) is 1.25. The summed E-state index contributed by atoms with van der Waals surface area (Å²) in [6, 6.07) is 2.52. The van der Waals surface area contributed by atoms with Gasteiger partial charge in [-0.1, -0.05) is 6.92 Å². The number of rotatable bonds is 10. The average Bonchev–Trinajstić information content (AvgIpc) is 3.77. The van der Waals surface area contributed by atoms with Gasteiger partial charge in [0, 0.05) is 22.6 Å². The molecule has 2 atom stereocenters. The number of ether oxygens (including phenoxy) is 2. The normalized spacial score (nSPS) is 21.3. The molecule has 14 heteroatoms. The molecule has 13 nitrogen and oxygen atoms in total. The summed E-state index contributed by atoms with van der Waals surface area (Å²) in [6.07, 6.45) is 2.62. The van der Waals surface area contributed by atoms with Crippen LogP contribution in [-0.2, 0) is 53.8 Å². The van der Waals surface area contributed by atoms with Gasteiger partial charge in [0.1, 0.15) is 19.2 Å². The minimum absolute atomic E-state index is 0.00213. The van der Waals surface area contributed by atoms with Gasteiger partial charge in [0.15, 0.2) is 5.60 Å². The molecular formula is C33H34FN5O8. The van der Waals surface area contributed by atoms with Crippen LogP contribution in [0.2, 0.25) is 0 Å². The SMILES string of the molecule is CC[C@@]1(O)C(=O)OCc2c1cc1n(c2=O)Cc2c-1nc1cc(F)c(C)c3c1c2[C@@H](NC(=O)C1(COCNC(=O)CNC=O)CC1)CC3. The monoisotopic (exact) mass is 647 g/mol. The third-order valence-corrected chi connectivity index (χ3v) is 10.1. The summed E-state index contributed by atoms with van der Waals surface area (Å²) < 4.78 is 27.6. The van der Waals surface area contributed by atoms with Crippen LogP contribution in [0.5, 0.6) is 0 Å². The second-order valence-electron chi connectivity index (χ2n) is 12.7. The summed E-state index contributed by atoms with van der Waals surface area (Å²) >= 11 is 0. The Labute approximate surface area is 267 Å². The highest BCUT2D eigenvalue weighted by Crippen LogP contribution is 2.49. The molecule has 0 saturated heterocycles. The van der Waals surface area contributed by atoms with Crippen molar-refractivity contribution < 1.29 is 38.1 Å². The van der Waals surface area contributed by atoms with Gasteiger partial charge in [-0.15, -0.1) is 0 Å². The second kappa shape index (κ2) is 11.2. The predicted molar refractivity (Wildman–Crippen MR) is 163 cm³/mol. The quantitative estimate of drug-likeness (QED) is 0.0854. The lowest BCUT2D eigenvalue weighted by molar-refractivity contribution is -0.172. The highest BCUT2D eigenvalue weighted by Gasteiger charge is 2.51. The number of aliphatic hydroxyl groups is 1. The summed E-state index contributed by atoms with van der Waals surface area (Å²) in [5, 5.41) is 20.0. The number of hydrogen-bond donors (Lipinski definition) is 4. The number of pyridine rings is 2. The number of nitrogens with zero attached hydrogens (tertiary/aromatic N) is 2. The first-order chi connectivity index (χ1) is 22.5. The minimum Gasteiger partial charge on any atom is -0.458 e. The van der Waals surface area contributed by atoms with Gasteiger partial charge in [-0.05, 0) is 61.8 Å². The van der Waals surface area contributed by atoms with Crippen LogP contribution in [0, 0.1) is 18.2 Å². The molecule has 47 heavy (non-hydrogen) atoms. The maximum atomic E-state index is 15.2. The van der Waals surface area contributed by atoms with Crippen LogP contribution in [0.1, 0.15) is 72.0 Å². The molecule has 0 spiro atoms. The van der Waals surface area contributed by atoms with Crippen LogP contribution >= 0.6 is 0 Å².